The van der Waals surface area contributed by atoms with Crippen molar-refractivity contribution >= 4 is 28.8 Å². The maximum absolute atomic E-state index is 11.8. The second kappa shape index (κ2) is 6.64. The van der Waals surface area contributed by atoms with E-state index in [1.54, 1.807) is 6.20 Å². The summed E-state index contributed by atoms with van der Waals surface area (Å²) in [5, 5.41) is 14.2. The number of benzene rings is 1. The fourth-order valence-electron chi connectivity index (χ4n) is 2.24. The lowest BCUT2D eigenvalue weighted by Gasteiger charge is -2.13. The third kappa shape index (κ3) is 4.42. The van der Waals surface area contributed by atoms with Gasteiger partial charge in [-0.25, -0.2) is 0 Å². The largest absolute Gasteiger partial charge is 0.376 e. The Kier molecular flexibility index (Phi) is 4.41. The summed E-state index contributed by atoms with van der Waals surface area (Å²) in [6.07, 6.45) is 4.71. The van der Waals surface area contributed by atoms with E-state index in [-0.39, 0.29) is 5.91 Å². The third-order valence-corrected chi connectivity index (χ3v) is 3.77. The molecule has 6 nitrogen and oxygen atoms in total. The summed E-state index contributed by atoms with van der Waals surface area (Å²) in [5.74, 6) is 1.37. The minimum Gasteiger partial charge on any atom is -0.376 e. The molecule has 1 heterocycles. The first-order chi connectivity index (χ1) is 11.1. The summed E-state index contributed by atoms with van der Waals surface area (Å²) >= 11 is 0. The number of anilines is 4. The molecule has 0 aliphatic heterocycles. The summed E-state index contributed by atoms with van der Waals surface area (Å²) in [6, 6.07) is 9.53. The van der Waals surface area contributed by atoms with Crippen LogP contribution < -0.4 is 15.5 Å². The molecule has 120 valence electrons. The first-order valence-electron chi connectivity index (χ1n) is 7.77. The molecule has 1 aliphatic rings. The highest BCUT2D eigenvalue weighted by molar-refractivity contribution is 5.91. The van der Waals surface area contributed by atoms with Gasteiger partial charge in [0.05, 0.1) is 11.9 Å². The maximum atomic E-state index is 11.8. The lowest BCUT2D eigenvalue weighted by Crippen LogP contribution is -2.11. The molecule has 0 bridgehead atoms. The summed E-state index contributed by atoms with van der Waals surface area (Å²) in [7, 11) is 3.92. The molecule has 0 spiro atoms. The molecule has 2 N–H and O–H groups in total. The normalized spacial score (nSPS) is 13.5. The summed E-state index contributed by atoms with van der Waals surface area (Å²) in [4.78, 5) is 13.8. The van der Waals surface area contributed by atoms with E-state index in [0.717, 1.165) is 17.1 Å². The van der Waals surface area contributed by atoms with E-state index < -0.39 is 0 Å². The molecule has 3 rings (SSSR count). The van der Waals surface area contributed by atoms with Crippen LogP contribution in [0.5, 0.6) is 0 Å². The van der Waals surface area contributed by atoms with E-state index in [9.17, 15) is 4.79 Å². The highest BCUT2D eigenvalue weighted by Gasteiger charge is 2.24. The SMILES string of the molecule is CN(C)c1cnnc(Nc2ccc(NC(=O)CC3CC3)cc2)c1. The number of carbonyl (C=O) groups excluding carboxylic acids is 1. The Morgan fingerprint density at radius 1 is 1.22 bits per heavy atom. The topological polar surface area (TPSA) is 70.2 Å². The van der Waals surface area contributed by atoms with Crippen LogP contribution in [0.25, 0.3) is 0 Å². The Hall–Kier alpha value is -2.63. The predicted molar refractivity (Wildman–Crippen MR) is 92.1 cm³/mol. The third-order valence-electron chi connectivity index (χ3n) is 3.77. The second-order valence-electron chi connectivity index (χ2n) is 6.09. The van der Waals surface area contributed by atoms with Gasteiger partial charge >= 0.3 is 0 Å². The average molecular weight is 311 g/mol. The number of nitrogens with zero attached hydrogens (tertiary/aromatic N) is 3. The Bertz CT molecular complexity index is 680. The maximum Gasteiger partial charge on any atom is 0.224 e. The molecular weight excluding hydrogens is 290 g/mol. The van der Waals surface area contributed by atoms with Crippen LogP contribution in [0.3, 0.4) is 0 Å². The molecule has 6 heteroatoms. The van der Waals surface area contributed by atoms with Crippen molar-refractivity contribution in [3.63, 3.8) is 0 Å². The van der Waals surface area contributed by atoms with Crippen molar-refractivity contribution in [2.24, 2.45) is 5.92 Å². The quantitative estimate of drug-likeness (QED) is 0.858. The zero-order chi connectivity index (χ0) is 16.2. The zero-order valence-electron chi connectivity index (χ0n) is 13.4. The van der Waals surface area contributed by atoms with E-state index in [1.807, 2.05) is 49.3 Å². The van der Waals surface area contributed by atoms with Crippen LogP contribution in [0, 0.1) is 5.92 Å². The molecule has 1 aromatic heterocycles. The molecule has 0 saturated heterocycles. The highest BCUT2D eigenvalue weighted by atomic mass is 16.1. The standard InChI is InChI=1S/C17H21N5O/c1-22(2)15-10-16(21-18-11-15)19-13-5-7-14(8-6-13)20-17(23)9-12-3-4-12/h5-8,10-12H,3-4,9H2,1-2H3,(H,19,21)(H,20,23). The van der Waals surface area contributed by atoms with Crippen molar-refractivity contribution in [1.82, 2.24) is 10.2 Å². The van der Waals surface area contributed by atoms with E-state index in [1.165, 1.54) is 12.8 Å². The first-order valence-corrected chi connectivity index (χ1v) is 7.77. The molecule has 1 fully saturated rings. The van der Waals surface area contributed by atoms with Gasteiger partial charge in [0, 0.05) is 38.0 Å². The zero-order valence-corrected chi connectivity index (χ0v) is 13.4. The van der Waals surface area contributed by atoms with Gasteiger partial charge in [0.15, 0.2) is 5.82 Å². The predicted octanol–water partition coefficient (Wildman–Crippen LogP) is 3.02. The van der Waals surface area contributed by atoms with Crippen molar-refractivity contribution < 1.29 is 4.79 Å². The van der Waals surface area contributed by atoms with Gasteiger partial charge in [0.1, 0.15) is 0 Å². The fraction of sp³-hybridized carbons (Fsp3) is 0.353. The molecule has 1 saturated carbocycles. The Labute approximate surface area is 135 Å². The van der Waals surface area contributed by atoms with Crippen LogP contribution in [0.15, 0.2) is 36.5 Å². The highest BCUT2D eigenvalue weighted by Crippen LogP contribution is 2.32. The van der Waals surface area contributed by atoms with Gasteiger partial charge in [-0.1, -0.05) is 0 Å². The van der Waals surface area contributed by atoms with Crippen LogP contribution in [0.1, 0.15) is 19.3 Å². The van der Waals surface area contributed by atoms with E-state index in [2.05, 4.69) is 20.8 Å². The number of aromatic nitrogens is 2. The van der Waals surface area contributed by atoms with Gasteiger partial charge in [-0.15, -0.1) is 5.10 Å². The number of carbonyl (C=O) groups is 1. The lowest BCUT2D eigenvalue weighted by molar-refractivity contribution is -0.116. The van der Waals surface area contributed by atoms with Crippen molar-refractivity contribution in [1.29, 1.82) is 0 Å². The van der Waals surface area contributed by atoms with E-state index in [0.29, 0.717) is 18.2 Å². The Morgan fingerprint density at radius 2 is 1.91 bits per heavy atom. The van der Waals surface area contributed by atoms with Gasteiger partial charge < -0.3 is 15.5 Å². The Balaban J connectivity index is 1.60. The van der Waals surface area contributed by atoms with E-state index in [4.69, 9.17) is 0 Å². The van der Waals surface area contributed by atoms with Crippen LogP contribution in [-0.2, 0) is 4.79 Å². The molecule has 23 heavy (non-hydrogen) atoms. The monoisotopic (exact) mass is 311 g/mol. The fourth-order valence-corrected chi connectivity index (χ4v) is 2.24. The van der Waals surface area contributed by atoms with Crippen molar-refractivity contribution in [3.05, 3.63) is 36.5 Å². The molecule has 1 amide bonds. The number of hydrogen-bond donors (Lipinski definition) is 2. The van der Waals surface area contributed by atoms with Gasteiger partial charge in [-0.05, 0) is 43.0 Å². The lowest BCUT2D eigenvalue weighted by atomic mass is 10.2. The van der Waals surface area contributed by atoms with Gasteiger partial charge in [0.2, 0.25) is 5.91 Å². The number of rotatable bonds is 6. The van der Waals surface area contributed by atoms with Crippen molar-refractivity contribution in [2.45, 2.75) is 19.3 Å². The van der Waals surface area contributed by atoms with Crippen molar-refractivity contribution in [2.75, 3.05) is 29.6 Å². The molecule has 1 aromatic carbocycles. The smallest absolute Gasteiger partial charge is 0.224 e. The number of nitrogens with one attached hydrogen (secondary N) is 2. The minimum absolute atomic E-state index is 0.0951. The molecular formula is C17H21N5O. The molecule has 0 atom stereocenters. The molecule has 0 unspecified atom stereocenters. The van der Waals surface area contributed by atoms with Crippen molar-refractivity contribution in [3.8, 4) is 0 Å². The summed E-state index contributed by atoms with van der Waals surface area (Å²) in [5.41, 5.74) is 2.69. The van der Waals surface area contributed by atoms with Crippen LogP contribution >= 0.6 is 0 Å². The Morgan fingerprint density at radius 3 is 2.57 bits per heavy atom. The summed E-state index contributed by atoms with van der Waals surface area (Å²) in [6.45, 7) is 0. The number of amides is 1. The minimum atomic E-state index is 0.0951. The molecule has 2 aromatic rings. The van der Waals surface area contributed by atoms with Gasteiger partial charge in [-0.2, -0.15) is 5.10 Å². The van der Waals surface area contributed by atoms with Gasteiger partial charge in [-0.3, -0.25) is 4.79 Å². The second-order valence-corrected chi connectivity index (χ2v) is 6.09. The first kappa shape index (κ1) is 15.3. The number of hydrogen-bond acceptors (Lipinski definition) is 5. The molecule has 0 radical (unpaired) electrons. The molecule has 1 aliphatic carbocycles. The van der Waals surface area contributed by atoms with Crippen LogP contribution in [0.2, 0.25) is 0 Å². The van der Waals surface area contributed by atoms with Gasteiger partial charge in [0.25, 0.3) is 0 Å². The average Bonchev–Trinajstić information content (AvgIpc) is 3.33. The summed E-state index contributed by atoms with van der Waals surface area (Å²) < 4.78 is 0. The van der Waals surface area contributed by atoms with E-state index >= 15 is 0 Å². The van der Waals surface area contributed by atoms with Crippen LogP contribution in [-0.4, -0.2) is 30.2 Å². The van der Waals surface area contributed by atoms with Crippen LogP contribution in [0.4, 0.5) is 22.9 Å².